The molecule has 6 aromatic rings. The number of nitrogens with zero attached hydrogens (tertiary/aromatic N) is 11. The lowest BCUT2D eigenvalue weighted by molar-refractivity contribution is -0.137. The van der Waals surface area contributed by atoms with Crippen LogP contribution >= 0.6 is 0 Å². The molecule has 4 fully saturated rings. The summed E-state index contributed by atoms with van der Waals surface area (Å²) in [5.41, 5.74) is 2.33. The fourth-order valence-corrected chi connectivity index (χ4v) is 9.53. The second kappa shape index (κ2) is 20.3. The smallest absolute Gasteiger partial charge is 0.417 e. The van der Waals surface area contributed by atoms with Gasteiger partial charge in [0, 0.05) is 69.5 Å². The average molecular weight is 1010 g/mol. The van der Waals surface area contributed by atoms with Crippen molar-refractivity contribution in [2.24, 2.45) is 0 Å². The van der Waals surface area contributed by atoms with Gasteiger partial charge in [0.1, 0.15) is 38.0 Å². The number of hydrogen-bond donors (Lipinski definition) is 1. The number of anilines is 4. The normalized spacial score (nSPS) is 20.7. The predicted octanol–water partition coefficient (Wildman–Crippen LogP) is 8.61. The molecule has 2 aromatic carbocycles. The Kier molecular flexibility index (Phi) is 14.0. The number of carbonyl (C=O) groups is 4. The van der Waals surface area contributed by atoms with E-state index in [0.717, 1.165) is 63.5 Å². The molecule has 10 rings (SSSR count). The molecular weight excluding hydrogens is 960 g/mol. The van der Waals surface area contributed by atoms with Crippen molar-refractivity contribution in [2.45, 2.75) is 94.7 Å². The number of benzene rings is 2. The van der Waals surface area contributed by atoms with Gasteiger partial charge in [-0.1, -0.05) is 0 Å². The Labute approximate surface area is 415 Å². The third-order valence-corrected chi connectivity index (χ3v) is 13.5. The van der Waals surface area contributed by atoms with Crippen molar-refractivity contribution in [3.8, 4) is 11.8 Å². The van der Waals surface area contributed by atoms with E-state index in [1.54, 1.807) is 0 Å². The summed E-state index contributed by atoms with van der Waals surface area (Å²) in [6.45, 7) is 0.249. The number of urea groups is 2. The number of halogens is 5. The number of imide groups is 2. The average Bonchev–Trinajstić information content (AvgIpc) is 3.85. The molecule has 2 aliphatic heterocycles. The molecule has 2 saturated heterocycles. The van der Waals surface area contributed by atoms with Crippen LogP contribution in [0.3, 0.4) is 0 Å². The summed E-state index contributed by atoms with van der Waals surface area (Å²) in [5, 5.41) is 4.69. The van der Waals surface area contributed by atoms with E-state index >= 15 is 0 Å². The van der Waals surface area contributed by atoms with Crippen LogP contribution in [0, 0.1) is 0 Å². The molecule has 2 aliphatic carbocycles. The molecule has 73 heavy (non-hydrogen) atoms. The van der Waals surface area contributed by atoms with Crippen molar-refractivity contribution in [3.05, 3.63) is 97.1 Å². The van der Waals surface area contributed by atoms with E-state index in [1.807, 2.05) is 62.4 Å². The molecule has 18 nitrogen and oxygen atoms in total. The van der Waals surface area contributed by atoms with Gasteiger partial charge in [0.05, 0.1) is 51.1 Å². The molecule has 2 saturated carbocycles. The first-order chi connectivity index (χ1) is 34.9. The van der Waals surface area contributed by atoms with E-state index < -0.39 is 35.6 Å². The lowest BCUT2D eigenvalue weighted by atomic mass is 9.92. The number of ether oxygens (including phenoxy) is 2. The summed E-state index contributed by atoms with van der Waals surface area (Å²) < 4.78 is 79.1. The van der Waals surface area contributed by atoms with Crippen molar-refractivity contribution in [1.29, 1.82) is 0 Å². The van der Waals surface area contributed by atoms with Crippen LogP contribution in [0.1, 0.15) is 69.4 Å². The molecule has 4 aliphatic rings. The number of pyridine rings is 2. The van der Waals surface area contributed by atoms with Gasteiger partial charge >= 0.3 is 18.2 Å². The number of rotatable bonds is 11. The van der Waals surface area contributed by atoms with E-state index in [9.17, 15) is 41.1 Å². The molecule has 4 aromatic heterocycles. The maximum absolute atomic E-state index is 13.7. The second-order valence-electron chi connectivity index (χ2n) is 18.5. The van der Waals surface area contributed by atoms with Crippen LogP contribution in [-0.4, -0.2) is 122 Å². The lowest BCUT2D eigenvalue weighted by Gasteiger charge is -2.33. The summed E-state index contributed by atoms with van der Waals surface area (Å²) in [4.78, 5) is 83.0. The quantitative estimate of drug-likeness (QED) is 0.0958. The van der Waals surface area contributed by atoms with Gasteiger partial charge in [-0.2, -0.15) is 13.2 Å². The highest BCUT2D eigenvalue weighted by molar-refractivity contribution is 6.13. The van der Waals surface area contributed by atoms with E-state index in [1.165, 1.54) is 39.6 Å². The van der Waals surface area contributed by atoms with Gasteiger partial charge in [0.2, 0.25) is 11.8 Å². The molecule has 6 heterocycles. The van der Waals surface area contributed by atoms with Crippen molar-refractivity contribution in [2.75, 3.05) is 54.2 Å². The number of aromatic nitrogens is 6. The third-order valence-electron chi connectivity index (χ3n) is 13.5. The van der Waals surface area contributed by atoms with Crippen LogP contribution in [0.15, 0.2) is 86.0 Å². The Bertz CT molecular complexity index is 3050. The van der Waals surface area contributed by atoms with Crippen LogP contribution in [0.2, 0.25) is 0 Å². The number of amides is 6. The highest BCUT2D eigenvalue weighted by Gasteiger charge is 2.45. The molecule has 0 bridgehead atoms. The van der Waals surface area contributed by atoms with E-state index in [4.69, 9.17) is 9.47 Å². The molecular formula is C50H51F5N12O6. The number of nitrogens with one attached hydrogen (secondary N) is 1. The first kappa shape index (κ1) is 50.1. The molecule has 0 spiro atoms. The SMILES string of the molecule is CN(C)c1ccc2c(OC3CCC(N4C(=O)CN(c5cncc(C(F)(F)F)c5)C4=O)CC3)ncnc2c1.CNc1ccc2c(OC3CCC(N4C(=O)CN(c5cncc(C(C)(F)F)c5)C4=O)CC3)ncnc2c1. The number of carbonyl (C=O) groups excluding carboxylic acids is 4. The monoisotopic (exact) mass is 1010 g/mol. The fourth-order valence-electron chi connectivity index (χ4n) is 9.53. The Hall–Kier alpha value is -7.85. The second-order valence-corrected chi connectivity index (χ2v) is 18.5. The van der Waals surface area contributed by atoms with Crippen LogP contribution < -0.4 is 29.5 Å². The largest absolute Gasteiger partial charge is 0.474 e. The standard InChI is InChI=1S/C25H25F3N6O3.C25H26F2N6O3/c1-32(2)17-5-8-20-21(10-17)30-14-31-23(20)37-19-6-3-16(4-7-19)34-22(35)13-33(24(34)36)18-9-15(11-29-12-18)25(26,27)28;1-25(26,27)15-9-18(12-29-11-15)32-13-22(34)33(24(32)35)17-4-6-19(7-5-17)36-23-20-8-3-16(28-2)10-21(20)30-14-31-23/h5,8-12,14,16,19H,3-4,6-7,13H2,1-2H3;3,8-12,14,17,19,28H,4-7,13H2,1-2H3. The van der Waals surface area contributed by atoms with Gasteiger partial charge in [-0.25, -0.2) is 38.3 Å². The molecule has 382 valence electrons. The Morgan fingerprint density at radius 2 is 1.07 bits per heavy atom. The van der Waals surface area contributed by atoms with Crippen molar-refractivity contribution in [1.82, 2.24) is 39.7 Å². The van der Waals surface area contributed by atoms with Crippen LogP contribution in [-0.2, 0) is 21.7 Å². The maximum Gasteiger partial charge on any atom is 0.417 e. The molecule has 23 heteroatoms. The van der Waals surface area contributed by atoms with Gasteiger partial charge < -0.3 is 19.7 Å². The van der Waals surface area contributed by atoms with Crippen LogP contribution in [0.25, 0.3) is 21.8 Å². The Morgan fingerprint density at radius 1 is 0.603 bits per heavy atom. The summed E-state index contributed by atoms with van der Waals surface area (Å²) in [6, 6.07) is 11.9. The number of alkyl halides is 5. The van der Waals surface area contributed by atoms with Gasteiger partial charge in [0.15, 0.2) is 0 Å². The predicted molar refractivity (Wildman–Crippen MR) is 259 cm³/mol. The Morgan fingerprint density at radius 3 is 1.53 bits per heavy atom. The summed E-state index contributed by atoms with van der Waals surface area (Å²) in [6.07, 6.45) is 6.94. The highest BCUT2D eigenvalue weighted by Crippen LogP contribution is 2.37. The number of fused-ring (bicyclic) bond motifs is 2. The minimum Gasteiger partial charge on any atom is -0.474 e. The van der Waals surface area contributed by atoms with Gasteiger partial charge in [0.25, 0.3) is 17.7 Å². The fraction of sp³-hybridized carbons (Fsp3) is 0.400. The van der Waals surface area contributed by atoms with Gasteiger partial charge in [-0.3, -0.25) is 39.2 Å². The molecule has 1 N–H and O–H groups in total. The molecule has 6 amide bonds. The minimum absolute atomic E-state index is 0.0549. The van der Waals surface area contributed by atoms with Gasteiger partial charge in [-0.05, 0) is 99.9 Å². The van der Waals surface area contributed by atoms with Crippen molar-refractivity contribution < 1.29 is 50.6 Å². The van der Waals surface area contributed by atoms with E-state index in [0.29, 0.717) is 69.3 Å². The van der Waals surface area contributed by atoms with E-state index in [-0.39, 0.29) is 60.2 Å². The van der Waals surface area contributed by atoms with Crippen molar-refractivity contribution >= 4 is 68.4 Å². The molecule has 0 radical (unpaired) electrons. The minimum atomic E-state index is -4.60. The third kappa shape index (κ3) is 10.7. The number of hydrogen-bond acceptors (Lipinski definition) is 14. The lowest BCUT2D eigenvalue weighted by Crippen LogP contribution is -2.44. The van der Waals surface area contributed by atoms with E-state index in [2.05, 4.69) is 35.2 Å². The van der Waals surface area contributed by atoms with Crippen LogP contribution in [0.4, 0.5) is 54.3 Å². The molecule has 0 unspecified atom stereocenters. The van der Waals surface area contributed by atoms with Gasteiger partial charge in [-0.15, -0.1) is 0 Å². The van der Waals surface area contributed by atoms with Crippen molar-refractivity contribution in [3.63, 3.8) is 0 Å². The summed E-state index contributed by atoms with van der Waals surface area (Å²) in [5.74, 6) is -2.90. The maximum atomic E-state index is 13.7. The Balaban J connectivity index is 0.000000180. The molecule has 0 atom stereocenters. The summed E-state index contributed by atoms with van der Waals surface area (Å²) in [7, 11) is 5.73. The zero-order chi connectivity index (χ0) is 51.8. The summed E-state index contributed by atoms with van der Waals surface area (Å²) >= 11 is 0. The highest BCUT2D eigenvalue weighted by atomic mass is 19.4. The first-order valence-electron chi connectivity index (χ1n) is 23.7. The zero-order valence-corrected chi connectivity index (χ0v) is 40.2. The zero-order valence-electron chi connectivity index (χ0n) is 40.2. The first-order valence-corrected chi connectivity index (χ1v) is 23.7. The topological polar surface area (TPSA) is 192 Å². The van der Waals surface area contributed by atoms with Crippen LogP contribution in [0.5, 0.6) is 11.8 Å².